The summed E-state index contributed by atoms with van der Waals surface area (Å²) in [6, 6.07) is -1.56. The predicted octanol–water partition coefficient (Wildman–Crippen LogP) is -1.80. The monoisotopic (exact) mass is 409 g/mol. The number of nitrogens with one attached hydrogen (secondary N) is 1. The van der Waals surface area contributed by atoms with Crippen LogP contribution in [0.25, 0.3) is 0 Å². The van der Waals surface area contributed by atoms with Gasteiger partial charge in [-0.1, -0.05) is 15.9 Å². The molecular weight excluding hydrogens is 390 g/mol. The Hall–Kier alpha value is -1.20. The number of ketones is 3. The summed E-state index contributed by atoms with van der Waals surface area (Å²) in [5, 5.41) is 32.2. The van der Waals surface area contributed by atoms with E-state index in [1.165, 1.54) is 0 Å². The highest BCUT2D eigenvalue weighted by atomic mass is 79.9. The summed E-state index contributed by atoms with van der Waals surface area (Å²) in [6.45, 7) is 3.94. The van der Waals surface area contributed by atoms with Crippen LogP contribution >= 0.6 is 15.9 Å². The zero-order chi connectivity index (χ0) is 19.0. The molecule has 1 heterocycles. The van der Waals surface area contributed by atoms with Crippen LogP contribution in [0.1, 0.15) is 27.7 Å². The molecule has 0 aromatic carbocycles. The van der Waals surface area contributed by atoms with Gasteiger partial charge in [0.15, 0.2) is 34.7 Å². The standard InChI is InChI=1S/C14H20BrNO8/c1-5(17)9(21)11-14(23,7(3)19)13(22,6(2)18)10(12(15)24-11)16-8(4)20/h5,10-12,17,22-23H,1-4H3,(H,16,20)/t5?,10-,11-,12+,13-,14-/m1/s1. The van der Waals surface area contributed by atoms with Gasteiger partial charge >= 0.3 is 0 Å². The van der Waals surface area contributed by atoms with Gasteiger partial charge in [-0.3, -0.25) is 19.2 Å². The summed E-state index contributed by atoms with van der Waals surface area (Å²) < 4.78 is 5.25. The van der Waals surface area contributed by atoms with Crippen LogP contribution in [0, 0.1) is 0 Å². The van der Waals surface area contributed by atoms with Crippen LogP contribution in [0.15, 0.2) is 0 Å². The number of halogens is 1. The predicted molar refractivity (Wildman–Crippen MR) is 83.1 cm³/mol. The molecule has 0 aromatic heterocycles. The van der Waals surface area contributed by atoms with E-state index in [2.05, 4.69) is 21.2 Å². The van der Waals surface area contributed by atoms with Gasteiger partial charge in [0.2, 0.25) is 5.91 Å². The van der Waals surface area contributed by atoms with Crippen LogP contribution < -0.4 is 5.32 Å². The summed E-state index contributed by atoms with van der Waals surface area (Å²) in [5.41, 5.74) is -5.85. The maximum absolute atomic E-state index is 12.2. The molecule has 0 aliphatic carbocycles. The van der Waals surface area contributed by atoms with E-state index >= 15 is 0 Å². The third-order valence-corrected chi connectivity index (χ3v) is 4.79. The Bertz CT molecular complexity index is 579. The first-order valence-corrected chi connectivity index (χ1v) is 7.98. The van der Waals surface area contributed by atoms with Crippen molar-refractivity contribution in [2.45, 2.75) is 62.2 Å². The Balaban J connectivity index is 3.65. The van der Waals surface area contributed by atoms with Crippen molar-refractivity contribution in [1.29, 1.82) is 0 Å². The van der Waals surface area contributed by atoms with E-state index in [-0.39, 0.29) is 0 Å². The third kappa shape index (κ3) is 3.04. The van der Waals surface area contributed by atoms with Gasteiger partial charge in [-0.25, -0.2) is 0 Å². The molecule has 10 heteroatoms. The maximum atomic E-state index is 12.2. The highest BCUT2D eigenvalue weighted by molar-refractivity contribution is 9.09. The zero-order valence-corrected chi connectivity index (χ0v) is 15.2. The Morgan fingerprint density at radius 3 is 1.88 bits per heavy atom. The lowest BCUT2D eigenvalue weighted by atomic mass is 9.66. The first-order valence-electron chi connectivity index (χ1n) is 7.07. The maximum Gasteiger partial charge on any atom is 0.217 e. The van der Waals surface area contributed by atoms with Gasteiger partial charge in [0, 0.05) is 6.92 Å². The van der Waals surface area contributed by atoms with Crippen LogP contribution in [0.5, 0.6) is 0 Å². The molecule has 1 saturated heterocycles. The largest absolute Gasteiger partial charge is 0.386 e. The fourth-order valence-electron chi connectivity index (χ4n) is 2.75. The molecule has 1 aliphatic heterocycles. The van der Waals surface area contributed by atoms with Crippen molar-refractivity contribution < 1.29 is 39.2 Å². The Labute approximate surface area is 146 Å². The Morgan fingerprint density at radius 1 is 1.08 bits per heavy atom. The van der Waals surface area contributed by atoms with Gasteiger partial charge in [0.25, 0.3) is 0 Å². The number of aliphatic hydroxyl groups is 3. The second-order valence-electron chi connectivity index (χ2n) is 5.77. The summed E-state index contributed by atoms with van der Waals surface area (Å²) in [7, 11) is 0. The lowest BCUT2D eigenvalue weighted by Gasteiger charge is -2.53. The van der Waals surface area contributed by atoms with Crippen LogP contribution in [-0.2, 0) is 23.9 Å². The number of aliphatic hydroxyl groups excluding tert-OH is 1. The van der Waals surface area contributed by atoms with E-state index in [9.17, 15) is 34.5 Å². The normalized spacial score (nSPS) is 37.4. The average Bonchev–Trinajstić information content (AvgIpc) is 2.45. The highest BCUT2D eigenvalue weighted by Gasteiger charge is 2.71. The van der Waals surface area contributed by atoms with Crippen molar-refractivity contribution in [3.8, 4) is 0 Å². The third-order valence-electron chi connectivity index (χ3n) is 4.04. The number of rotatable bonds is 5. The van der Waals surface area contributed by atoms with Gasteiger partial charge in [-0.15, -0.1) is 0 Å². The molecule has 1 amide bonds. The molecule has 6 atom stereocenters. The molecule has 1 fully saturated rings. The number of Topliss-reactive ketones (excluding diaryl/α,β-unsaturated/α-hetero) is 3. The minimum atomic E-state index is -3.00. The van der Waals surface area contributed by atoms with Gasteiger partial charge < -0.3 is 25.4 Å². The number of ether oxygens (including phenoxy) is 1. The fraction of sp³-hybridized carbons (Fsp3) is 0.714. The number of hydrogen-bond acceptors (Lipinski definition) is 8. The van der Waals surface area contributed by atoms with Crippen LogP contribution in [0.4, 0.5) is 0 Å². The number of carbonyl (C=O) groups is 4. The molecule has 0 radical (unpaired) electrons. The highest BCUT2D eigenvalue weighted by Crippen LogP contribution is 2.42. The van der Waals surface area contributed by atoms with Crippen LogP contribution in [-0.4, -0.2) is 73.0 Å². The van der Waals surface area contributed by atoms with Crippen molar-refractivity contribution in [1.82, 2.24) is 5.32 Å². The molecule has 4 N–H and O–H groups in total. The molecule has 0 saturated carbocycles. The molecule has 1 aliphatic rings. The van der Waals surface area contributed by atoms with E-state index < -0.39 is 57.7 Å². The first-order chi connectivity index (χ1) is 10.8. The molecular formula is C14H20BrNO8. The number of amides is 1. The second-order valence-corrected chi connectivity index (χ2v) is 6.67. The zero-order valence-electron chi connectivity index (χ0n) is 13.6. The van der Waals surface area contributed by atoms with Gasteiger partial charge in [-0.05, 0) is 20.8 Å². The molecule has 0 bridgehead atoms. The smallest absolute Gasteiger partial charge is 0.217 e. The van der Waals surface area contributed by atoms with E-state index in [4.69, 9.17) is 4.74 Å². The van der Waals surface area contributed by atoms with E-state index in [0.29, 0.717) is 0 Å². The quantitative estimate of drug-likeness (QED) is 0.388. The summed E-state index contributed by atoms with van der Waals surface area (Å²) in [6.07, 6.45) is -3.65. The summed E-state index contributed by atoms with van der Waals surface area (Å²) in [4.78, 5) is 47.8. The molecule has 24 heavy (non-hydrogen) atoms. The minimum Gasteiger partial charge on any atom is -0.386 e. The number of alkyl halides is 1. The van der Waals surface area contributed by atoms with Gasteiger partial charge in [0.05, 0.1) is 0 Å². The van der Waals surface area contributed by atoms with Crippen molar-refractivity contribution in [3.05, 3.63) is 0 Å². The summed E-state index contributed by atoms with van der Waals surface area (Å²) >= 11 is 2.98. The number of hydrogen-bond donors (Lipinski definition) is 4. The van der Waals surface area contributed by atoms with Crippen molar-refractivity contribution in [2.75, 3.05) is 0 Å². The Kier molecular flexibility index (Phi) is 6.05. The van der Waals surface area contributed by atoms with Crippen LogP contribution in [0.2, 0.25) is 0 Å². The average molecular weight is 410 g/mol. The van der Waals surface area contributed by atoms with Crippen LogP contribution in [0.3, 0.4) is 0 Å². The molecule has 0 aromatic rings. The fourth-order valence-corrected chi connectivity index (χ4v) is 3.49. The molecule has 136 valence electrons. The second kappa shape index (κ2) is 6.96. The SMILES string of the molecule is CC(=O)N[C@@H]1[C@@H](Br)O[C@H](C(=O)C(C)O)[C@](O)(C(C)=O)[C@@]1(O)C(C)=O. The minimum absolute atomic E-state index is 0.668. The van der Waals surface area contributed by atoms with E-state index in [1.54, 1.807) is 0 Å². The van der Waals surface area contributed by atoms with E-state index in [1.807, 2.05) is 0 Å². The van der Waals surface area contributed by atoms with Crippen molar-refractivity contribution in [3.63, 3.8) is 0 Å². The molecule has 1 rings (SSSR count). The molecule has 9 nitrogen and oxygen atoms in total. The van der Waals surface area contributed by atoms with Gasteiger partial charge in [-0.2, -0.15) is 0 Å². The number of carbonyl (C=O) groups excluding carboxylic acids is 4. The van der Waals surface area contributed by atoms with Gasteiger partial charge in [0.1, 0.15) is 17.2 Å². The topological polar surface area (TPSA) is 150 Å². The van der Waals surface area contributed by atoms with Crippen molar-refractivity contribution in [2.24, 2.45) is 0 Å². The lowest BCUT2D eigenvalue weighted by molar-refractivity contribution is -0.248. The molecule has 0 spiro atoms. The lowest BCUT2D eigenvalue weighted by Crippen LogP contribution is -2.82. The van der Waals surface area contributed by atoms with Crippen molar-refractivity contribution >= 4 is 39.2 Å². The molecule has 1 unspecified atom stereocenters. The first kappa shape index (κ1) is 20.8. The summed E-state index contributed by atoms with van der Waals surface area (Å²) in [5.74, 6) is -3.96. The Morgan fingerprint density at radius 2 is 1.54 bits per heavy atom. The van der Waals surface area contributed by atoms with E-state index in [0.717, 1.165) is 27.7 Å².